The van der Waals surface area contributed by atoms with Gasteiger partial charge in [0.25, 0.3) is 5.91 Å². The number of rotatable bonds is 2. The maximum Gasteiger partial charge on any atom is 0.254 e. The van der Waals surface area contributed by atoms with E-state index in [4.69, 9.17) is 5.73 Å². The predicted molar refractivity (Wildman–Crippen MR) is 69.3 cm³/mol. The lowest BCUT2D eigenvalue weighted by atomic mass is 9.90. The maximum atomic E-state index is 12.4. The van der Waals surface area contributed by atoms with E-state index >= 15 is 0 Å². The number of nitrogens with two attached hydrogens (primary N) is 1. The number of aromatic amines is 1. The van der Waals surface area contributed by atoms with Crippen molar-refractivity contribution in [3.8, 4) is 0 Å². The van der Waals surface area contributed by atoms with E-state index in [1.165, 1.54) is 12.3 Å². The number of pyridine rings is 1. The first-order valence-electron chi connectivity index (χ1n) is 6.33. The molecule has 1 saturated heterocycles. The summed E-state index contributed by atoms with van der Waals surface area (Å²) < 4.78 is 0. The summed E-state index contributed by atoms with van der Waals surface area (Å²) in [7, 11) is 0. The Balaban J connectivity index is 2.24. The first-order chi connectivity index (χ1) is 8.63. The molecule has 0 spiro atoms. The van der Waals surface area contributed by atoms with Crippen LogP contribution in [0.3, 0.4) is 0 Å². The van der Waals surface area contributed by atoms with Crippen molar-refractivity contribution < 1.29 is 4.79 Å². The fraction of sp³-hybridized carbons (Fsp3) is 0.538. The molecule has 0 aliphatic carbocycles. The molecule has 3 N–H and O–H groups in total. The van der Waals surface area contributed by atoms with Gasteiger partial charge in [-0.3, -0.25) is 9.59 Å². The molecule has 0 unspecified atom stereocenters. The van der Waals surface area contributed by atoms with Crippen molar-refractivity contribution in [2.75, 3.05) is 13.1 Å². The summed E-state index contributed by atoms with van der Waals surface area (Å²) in [5.41, 5.74) is 5.95. The molecule has 0 radical (unpaired) electrons. The minimum absolute atomic E-state index is 0.0746. The molecule has 0 saturated carbocycles. The Kier molecular flexibility index (Phi) is 3.81. The van der Waals surface area contributed by atoms with Crippen LogP contribution in [-0.2, 0) is 0 Å². The molecule has 0 aromatic carbocycles. The van der Waals surface area contributed by atoms with E-state index in [1.807, 2.05) is 4.90 Å². The Labute approximate surface area is 106 Å². The summed E-state index contributed by atoms with van der Waals surface area (Å²) in [5, 5.41) is 0. The number of hydrogen-bond donors (Lipinski definition) is 2. The number of nitrogens with one attached hydrogen (secondary N) is 1. The summed E-state index contributed by atoms with van der Waals surface area (Å²) in [6.07, 6.45) is 3.59. The van der Waals surface area contributed by atoms with Gasteiger partial charge in [-0.15, -0.1) is 0 Å². The van der Waals surface area contributed by atoms with Crippen molar-refractivity contribution in [3.05, 3.63) is 34.2 Å². The van der Waals surface area contributed by atoms with Gasteiger partial charge in [-0.1, -0.05) is 6.92 Å². The average molecular weight is 249 g/mol. The van der Waals surface area contributed by atoms with Crippen molar-refractivity contribution in [3.63, 3.8) is 0 Å². The highest BCUT2D eigenvalue weighted by Gasteiger charge is 2.31. The SMILES string of the molecule is C[C@@H]1CCCN(C(=O)c2cc[nH]c(=O)c2)[C@@H]1CN. The highest BCUT2D eigenvalue weighted by molar-refractivity contribution is 5.94. The van der Waals surface area contributed by atoms with Gasteiger partial charge in [-0.05, 0) is 24.8 Å². The lowest BCUT2D eigenvalue weighted by Gasteiger charge is -2.39. The number of piperidine rings is 1. The van der Waals surface area contributed by atoms with Gasteiger partial charge in [0.15, 0.2) is 0 Å². The molecule has 18 heavy (non-hydrogen) atoms. The molecule has 5 heteroatoms. The minimum Gasteiger partial charge on any atom is -0.334 e. The van der Waals surface area contributed by atoms with Crippen LogP contribution in [0.5, 0.6) is 0 Å². The van der Waals surface area contributed by atoms with Gasteiger partial charge in [0.1, 0.15) is 0 Å². The van der Waals surface area contributed by atoms with Crippen LogP contribution in [0.15, 0.2) is 23.1 Å². The third kappa shape index (κ3) is 2.46. The minimum atomic E-state index is -0.254. The fourth-order valence-electron chi connectivity index (χ4n) is 2.60. The van der Waals surface area contributed by atoms with Crippen LogP contribution in [0, 0.1) is 5.92 Å². The molecule has 5 nitrogen and oxygen atoms in total. The van der Waals surface area contributed by atoms with E-state index in [0.717, 1.165) is 19.4 Å². The van der Waals surface area contributed by atoms with Crippen molar-refractivity contribution >= 4 is 5.91 Å². The second-order valence-electron chi connectivity index (χ2n) is 4.86. The molecule has 1 amide bonds. The molecular weight excluding hydrogens is 230 g/mol. The molecule has 1 fully saturated rings. The standard InChI is InChI=1S/C13H19N3O2/c1-9-3-2-6-16(11(9)8-14)13(18)10-4-5-15-12(17)7-10/h4-5,7,9,11H,2-3,6,8,14H2,1H3,(H,15,17)/t9-,11-/m1/s1. The van der Waals surface area contributed by atoms with Gasteiger partial charge >= 0.3 is 0 Å². The number of amides is 1. The molecular formula is C13H19N3O2. The van der Waals surface area contributed by atoms with E-state index in [9.17, 15) is 9.59 Å². The van der Waals surface area contributed by atoms with Gasteiger partial charge in [-0.25, -0.2) is 0 Å². The topological polar surface area (TPSA) is 79.2 Å². The molecule has 2 rings (SSSR count). The van der Waals surface area contributed by atoms with Crippen LogP contribution >= 0.6 is 0 Å². The molecule has 1 aromatic rings. The monoisotopic (exact) mass is 249 g/mol. The van der Waals surface area contributed by atoms with Crippen LogP contribution in [0.4, 0.5) is 0 Å². The summed E-state index contributed by atoms with van der Waals surface area (Å²) in [6.45, 7) is 3.31. The molecule has 98 valence electrons. The number of aromatic nitrogens is 1. The zero-order valence-electron chi connectivity index (χ0n) is 10.6. The van der Waals surface area contributed by atoms with E-state index in [1.54, 1.807) is 6.07 Å². The molecule has 1 aliphatic rings. The van der Waals surface area contributed by atoms with Gasteiger partial charge in [0.05, 0.1) is 0 Å². The number of carbonyl (C=O) groups is 1. The number of nitrogens with zero attached hydrogens (tertiary/aromatic N) is 1. The Bertz CT molecular complexity index is 483. The van der Waals surface area contributed by atoms with E-state index in [0.29, 0.717) is 18.0 Å². The fourth-order valence-corrected chi connectivity index (χ4v) is 2.60. The van der Waals surface area contributed by atoms with Crippen molar-refractivity contribution in [1.29, 1.82) is 0 Å². The van der Waals surface area contributed by atoms with Crippen molar-refractivity contribution in [2.45, 2.75) is 25.8 Å². The number of carbonyl (C=O) groups excluding carboxylic acids is 1. The Morgan fingerprint density at radius 1 is 1.61 bits per heavy atom. The first-order valence-corrected chi connectivity index (χ1v) is 6.33. The third-order valence-electron chi connectivity index (χ3n) is 3.64. The van der Waals surface area contributed by atoms with E-state index < -0.39 is 0 Å². The largest absolute Gasteiger partial charge is 0.334 e. The summed E-state index contributed by atoms with van der Waals surface area (Å²) >= 11 is 0. The highest BCUT2D eigenvalue weighted by Crippen LogP contribution is 2.23. The van der Waals surface area contributed by atoms with Crippen molar-refractivity contribution in [1.82, 2.24) is 9.88 Å². The Morgan fingerprint density at radius 3 is 3.06 bits per heavy atom. The molecule has 1 aromatic heterocycles. The summed E-state index contributed by atoms with van der Waals surface area (Å²) in [6, 6.07) is 3.05. The molecule has 0 bridgehead atoms. The third-order valence-corrected chi connectivity index (χ3v) is 3.64. The normalized spacial score (nSPS) is 24.0. The Morgan fingerprint density at radius 2 is 2.39 bits per heavy atom. The summed E-state index contributed by atoms with van der Waals surface area (Å²) in [4.78, 5) is 27.9. The van der Waals surface area contributed by atoms with Crippen LogP contribution < -0.4 is 11.3 Å². The molecule has 2 atom stereocenters. The Hall–Kier alpha value is -1.62. The van der Waals surface area contributed by atoms with Gasteiger partial charge < -0.3 is 15.6 Å². The number of hydrogen-bond acceptors (Lipinski definition) is 3. The lowest BCUT2D eigenvalue weighted by Crippen LogP contribution is -2.51. The van der Waals surface area contributed by atoms with Crippen LogP contribution in [0.25, 0.3) is 0 Å². The van der Waals surface area contributed by atoms with E-state index in [2.05, 4.69) is 11.9 Å². The zero-order chi connectivity index (χ0) is 13.1. The lowest BCUT2D eigenvalue weighted by molar-refractivity contribution is 0.0532. The first kappa shape index (κ1) is 12.8. The smallest absolute Gasteiger partial charge is 0.254 e. The summed E-state index contributed by atoms with van der Waals surface area (Å²) in [5.74, 6) is 0.317. The average Bonchev–Trinajstić information content (AvgIpc) is 2.37. The van der Waals surface area contributed by atoms with Crippen LogP contribution in [0.1, 0.15) is 30.1 Å². The number of likely N-dealkylation sites (tertiary alicyclic amines) is 1. The highest BCUT2D eigenvalue weighted by atomic mass is 16.2. The van der Waals surface area contributed by atoms with E-state index in [-0.39, 0.29) is 17.5 Å². The van der Waals surface area contributed by atoms with Crippen molar-refractivity contribution in [2.24, 2.45) is 11.7 Å². The van der Waals surface area contributed by atoms with Gasteiger partial charge in [0, 0.05) is 37.0 Å². The number of H-pyrrole nitrogens is 1. The maximum absolute atomic E-state index is 12.4. The molecule has 2 heterocycles. The zero-order valence-corrected chi connectivity index (χ0v) is 10.6. The van der Waals surface area contributed by atoms with Crippen LogP contribution in [-0.4, -0.2) is 34.9 Å². The predicted octanol–water partition coefficient (Wildman–Crippen LogP) is 0.574. The van der Waals surface area contributed by atoms with Gasteiger partial charge in [-0.2, -0.15) is 0 Å². The quantitative estimate of drug-likeness (QED) is 0.804. The second kappa shape index (κ2) is 5.35. The molecule has 1 aliphatic heterocycles. The van der Waals surface area contributed by atoms with Crippen LogP contribution in [0.2, 0.25) is 0 Å². The van der Waals surface area contributed by atoms with Gasteiger partial charge in [0.2, 0.25) is 5.56 Å². The second-order valence-corrected chi connectivity index (χ2v) is 4.86.